The second-order valence-corrected chi connectivity index (χ2v) is 3.54. The van der Waals surface area contributed by atoms with Gasteiger partial charge in [0.1, 0.15) is 0 Å². The van der Waals surface area contributed by atoms with E-state index in [9.17, 15) is 9.59 Å². The van der Waals surface area contributed by atoms with Crippen molar-refractivity contribution in [1.82, 2.24) is 0 Å². The van der Waals surface area contributed by atoms with Gasteiger partial charge in [0.25, 0.3) is 0 Å². The van der Waals surface area contributed by atoms with E-state index in [2.05, 4.69) is 0 Å². The largest absolute Gasteiger partial charge is 0.481 e. The maximum absolute atomic E-state index is 10.9. The Morgan fingerprint density at radius 1 is 1.36 bits per heavy atom. The summed E-state index contributed by atoms with van der Waals surface area (Å²) in [4.78, 5) is 21.8. The predicted octanol–water partition coefficient (Wildman–Crippen LogP) is 1.37. The topological polar surface area (TPSA) is 74.6 Å². The van der Waals surface area contributed by atoms with Crippen molar-refractivity contribution in [2.45, 2.75) is 19.8 Å². The zero-order valence-electron chi connectivity index (χ0n) is 8.01. The molecule has 3 atom stereocenters. The van der Waals surface area contributed by atoms with Gasteiger partial charge in [-0.25, -0.2) is 0 Å². The Kier molecular flexibility index (Phi) is 3.28. The summed E-state index contributed by atoms with van der Waals surface area (Å²) in [6, 6.07) is 0. The minimum atomic E-state index is -1.01. The molecule has 0 spiro atoms. The van der Waals surface area contributed by atoms with Crippen LogP contribution in [0.15, 0.2) is 12.2 Å². The second-order valence-electron chi connectivity index (χ2n) is 3.54. The Bertz CT molecular complexity index is 269. The lowest BCUT2D eigenvalue weighted by atomic mass is 9.75. The molecular weight excluding hydrogens is 184 g/mol. The normalized spacial score (nSPS) is 31.4. The Morgan fingerprint density at radius 2 is 2.00 bits per heavy atom. The van der Waals surface area contributed by atoms with Crippen LogP contribution < -0.4 is 0 Å². The van der Waals surface area contributed by atoms with Crippen molar-refractivity contribution in [3.63, 3.8) is 0 Å². The highest BCUT2D eigenvalue weighted by Gasteiger charge is 2.39. The molecule has 1 aliphatic carbocycles. The van der Waals surface area contributed by atoms with E-state index in [0.29, 0.717) is 12.8 Å². The van der Waals surface area contributed by atoms with Gasteiger partial charge in [0.15, 0.2) is 0 Å². The van der Waals surface area contributed by atoms with E-state index >= 15 is 0 Å². The molecule has 0 heterocycles. The molecule has 14 heavy (non-hydrogen) atoms. The van der Waals surface area contributed by atoms with Gasteiger partial charge in [-0.15, -0.1) is 0 Å². The molecule has 1 rings (SSSR count). The average Bonchev–Trinajstić information content (AvgIpc) is 2.16. The molecule has 0 saturated heterocycles. The van der Waals surface area contributed by atoms with Crippen LogP contribution in [0.3, 0.4) is 0 Å². The fourth-order valence-electron chi connectivity index (χ4n) is 1.96. The number of carbonyl (C=O) groups is 2. The third-order valence-corrected chi connectivity index (χ3v) is 2.74. The maximum atomic E-state index is 10.9. The van der Waals surface area contributed by atoms with E-state index < -0.39 is 23.8 Å². The summed E-state index contributed by atoms with van der Waals surface area (Å²) in [6.45, 7) is 1.87. The van der Waals surface area contributed by atoms with Crippen LogP contribution in [0.25, 0.3) is 0 Å². The highest BCUT2D eigenvalue weighted by molar-refractivity contribution is 5.81. The predicted molar refractivity (Wildman–Crippen MR) is 49.8 cm³/mol. The van der Waals surface area contributed by atoms with E-state index in [-0.39, 0.29) is 5.92 Å². The summed E-state index contributed by atoms with van der Waals surface area (Å²) >= 11 is 0. The SMILES string of the molecule is CC[C@@H]1C=CC[C@@H](C(=O)O)[C@@H]1C(=O)O. The first kappa shape index (κ1) is 10.8. The van der Waals surface area contributed by atoms with Gasteiger partial charge in [0, 0.05) is 0 Å². The lowest BCUT2D eigenvalue weighted by molar-refractivity contribution is -0.155. The molecule has 78 valence electrons. The number of carboxylic acids is 2. The smallest absolute Gasteiger partial charge is 0.307 e. The molecule has 0 radical (unpaired) electrons. The fourth-order valence-corrected chi connectivity index (χ4v) is 1.96. The lowest BCUT2D eigenvalue weighted by Crippen LogP contribution is -2.36. The van der Waals surface area contributed by atoms with E-state index in [1.165, 1.54) is 0 Å². The van der Waals surface area contributed by atoms with Crippen LogP contribution >= 0.6 is 0 Å². The first-order chi connectivity index (χ1) is 6.57. The van der Waals surface area contributed by atoms with Gasteiger partial charge in [-0.05, 0) is 18.8 Å². The Labute approximate surface area is 82.2 Å². The number of rotatable bonds is 3. The Morgan fingerprint density at radius 3 is 2.43 bits per heavy atom. The van der Waals surface area contributed by atoms with Crippen LogP contribution in [-0.2, 0) is 9.59 Å². The van der Waals surface area contributed by atoms with Gasteiger partial charge in [0.2, 0.25) is 0 Å². The molecule has 0 aromatic carbocycles. The number of aliphatic carboxylic acids is 2. The standard InChI is InChI=1S/C10H14O4/c1-2-6-4-3-5-7(9(11)12)8(6)10(13)14/h3-4,6-8H,2,5H2,1H3,(H,11,12)(H,13,14)/t6-,7-,8-/m1/s1. The van der Waals surface area contributed by atoms with Gasteiger partial charge in [-0.3, -0.25) is 9.59 Å². The highest BCUT2D eigenvalue weighted by Crippen LogP contribution is 2.32. The van der Waals surface area contributed by atoms with Crippen LogP contribution in [0.4, 0.5) is 0 Å². The van der Waals surface area contributed by atoms with Gasteiger partial charge < -0.3 is 10.2 Å². The Hall–Kier alpha value is -1.32. The quantitative estimate of drug-likeness (QED) is 0.672. The molecule has 0 unspecified atom stereocenters. The number of hydrogen-bond donors (Lipinski definition) is 2. The minimum absolute atomic E-state index is 0.151. The van der Waals surface area contributed by atoms with Crippen molar-refractivity contribution >= 4 is 11.9 Å². The van der Waals surface area contributed by atoms with Crippen molar-refractivity contribution in [3.05, 3.63) is 12.2 Å². The zero-order valence-corrected chi connectivity index (χ0v) is 8.01. The summed E-state index contributed by atoms with van der Waals surface area (Å²) < 4.78 is 0. The van der Waals surface area contributed by atoms with Crippen LogP contribution in [0.1, 0.15) is 19.8 Å². The van der Waals surface area contributed by atoms with Gasteiger partial charge in [-0.1, -0.05) is 19.1 Å². The number of allylic oxidation sites excluding steroid dienone is 2. The summed E-state index contributed by atoms with van der Waals surface area (Å²) in [5.74, 6) is -3.72. The van der Waals surface area contributed by atoms with Crippen molar-refractivity contribution < 1.29 is 19.8 Å². The molecule has 0 aromatic rings. The first-order valence-corrected chi connectivity index (χ1v) is 4.70. The molecule has 4 heteroatoms. The van der Waals surface area contributed by atoms with Crippen molar-refractivity contribution in [3.8, 4) is 0 Å². The van der Waals surface area contributed by atoms with Gasteiger partial charge >= 0.3 is 11.9 Å². The molecular formula is C10H14O4. The van der Waals surface area contributed by atoms with E-state index in [0.717, 1.165) is 0 Å². The third kappa shape index (κ3) is 1.95. The van der Waals surface area contributed by atoms with Crippen LogP contribution in [0.2, 0.25) is 0 Å². The van der Waals surface area contributed by atoms with E-state index in [1.807, 2.05) is 13.0 Å². The van der Waals surface area contributed by atoms with Crippen molar-refractivity contribution in [2.24, 2.45) is 17.8 Å². The molecule has 2 N–H and O–H groups in total. The monoisotopic (exact) mass is 198 g/mol. The van der Waals surface area contributed by atoms with Crippen molar-refractivity contribution in [1.29, 1.82) is 0 Å². The fraction of sp³-hybridized carbons (Fsp3) is 0.600. The van der Waals surface area contributed by atoms with Crippen LogP contribution in [0.5, 0.6) is 0 Å². The highest BCUT2D eigenvalue weighted by atomic mass is 16.4. The lowest BCUT2D eigenvalue weighted by Gasteiger charge is -2.28. The molecule has 0 aromatic heterocycles. The van der Waals surface area contributed by atoms with E-state index in [4.69, 9.17) is 10.2 Å². The molecule has 0 saturated carbocycles. The summed E-state index contributed by atoms with van der Waals surface area (Å²) in [7, 11) is 0. The molecule has 0 amide bonds. The van der Waals surface area contributed by atoms with E-state index in [1.54, 1.807) is 6.08 Å². The molecule has 0 bridgehead atoms. The third-order valence-electron chi connectivity index (χ3n) is 2.74. The maximum Gasteiger partial charge on any atom is 0.307 e. The van der Waals surface area contributed by atoms with Gasteiger partial charge in [-0.2, -0.15) is 0 Å². The molecule has 0 aliphatic heterocycles. The van der Waals surface area contributed by atoms with Crippen LogP contribution in [-0.4, -0.2) is 22.2 Å². The zero-order chi connectivity index (χ0) is 10.7. The number of carboxylic acid groups (broad SMARTS) is 2. The molecule has 4 nitrogen and oxygen atoms in total. The Balaban J connectivity index is 2.92. The first-order valence-electron chi connectivity index (χ1n) is 4.70. The summed E-state index contributed by atoms with van der Waals surface area (Å²) in [5, 5.41) is 17.8. The summed E-state index contributed by atoms with van der Waals surface area (Å²) in [5.41, 5.74) is 0. The average molecular weight is 198 g/mol. The second kappa shape index (κ2) is 4.26. The summed E-state index contributed by atoms with van der Waals surface area (Å²) in [6.07, 6.45) is 4.57. The molecule has 0 fully saturated rings. The number of hydrogen-bond acceptors (Lipinski definition) is 2. The van der Waals surface area contributed by atoms with Gasteiger partial charge in [0.05, 0.1) is 11.8 Å². The van der Waals surface area contributed by atoms with Crippen LogP contribution in [0, 0.1) is 17.8 Å². The minimum Gasteiger partial charge on any atom is -0.481 e. The molecule has 1 aliphatic rings. The van der Waals surface area contributed by atoms with Crippen molar-refractivity contribution in [2.75, 3.05) is 0 Å².